The van der Waals surface area contributed by atoms with Crippen LogP contribution in [-0.4, -0.2) is 31.5 Å². The van der Waals surface area contributed by atoms with Gasteiger partial charge < -0.3 is 9.47 Å². The number of rotatable bonds is 3. The van der Waals surface area contributed by atoms with Gasteiger partial charge in [0.25, 0.3) is 0 Å². The predicted octanol–water partition coefficient (Wildman–Crippen LogP) is 2.49. The van der Waals surface area contributed by atoms with E-state index >= 15 is 0 Å². The van der Waals surface area contributed by atoms with Crippen molar-refractivity contribution in [3.63, 3.8) is 0 Å². The second-order valence-electron chi connectivity index (χ2n) is 4.59. The molecule has 102 valence electrons. The van der Waals surface area contributed by atoms with E-state index in [4.69, 9.17) is 9.47 Å². The molecular formula is C16H16N2O2. The lowest BCUT2D eigenvalue weighted by Crippen LogP contribution is -2.15. The zero-order chi connectivity index (χ0) is 13.9. The van der Waals surface area contributed by atoms with E-state index in [1.54, 1.807) is 20.4 Å². The second-order valence-corrected chi connectivity index (χ2v) is 4.59. The van der Waals surface area contributed by atoms with Crippen LogP contribution in [0.4, 0.5) is 0 Å². The molecule has 0 saturated heterocycles. The van der Waals surface area contributed by atoms with Crippen LogP contribution in [0.5, 0.6) is 11.5 Å². The minimum atomic E-state index is 0.727. The van der Waals surface area contributed by atoms with Crippen LogP contribution >= 0.6 is 0 Å². The smallest absolute Gasteiger partial charge is 0.161 e. The summed E-state index contributed by atoms with van der Waals surface area (Å²) in [4.78, 5) is 8.82. The van der Waals surface area contributed by atoms with Crippen molar-refractivity contribution >= 4 is 5.71 Å². The molecule has 0 aliphatic carbocycles. The van der Waals surface area contributed by atoms with E-state index in [1.165, 1.54) is 5.56 Å². The van der Waals surface area contributed by atoms with Gasteiger partial charge in [0.05, 0.1) is 19.9 Å². The molecule has 0 spiro atoms. The highest BCUT2D eigenvalue weighted by atomic mass is 16.5. The standard InChI is InChI=1S/C16H16N2O2/c1-19-14-8-11-5-7-18-16(12-4-3-6-17-10-12)13(11)9-15(14)20-2/h3-4,6,8-10H,5,7H2,1-2H3. The zero-order valence-electron chi connectivity index (χ0n) is 11.6. The Balaban J connectivity index is 2.13. The molecule has 0 saturated carbocycles. The van der Waals surface area contributed by atoms with E-state index in [1.807, 2.05) is 30.5 Å². The van der Waals surface area contributed by atoms with Gasteiger partial charge in [-0.25, -0.2) is 0 Å². The number of hydrogen-bond acceptors (Lipinski definition) is 4. The summed E-state index contributed by atoms with van der Waals surface area (Å²) in [5, 5.41) is 0. The lowest BCUT2D eigenvalue weighted by Gasteiger charge is -2.19. The van der Waals surface area contributed by atoms with Gasteiger partial charge in [-0.1, -0.05) is 0 Å². The summed E-state index contributed by atoms with van der Waals surface area (Å²) in [5.41, 5.74) is 4.33. The van der Waals surface area contributed by atoms with E-state index in [-0.39, 0.29) is 0 Å². The van der Waals surface area contributed by atoms with Crippen LogP contribution in [0.1, 0.15) is 16.7 Å². The van der Waals surface area contributed by atoms with Gasteiger partial charge in [-0.3, -0.25) is 9.98 Å². The fraction of sp³-hybridized carbons (Fsp3) is 0.250. The first kappa shape index (κ1) is 12.7. The maximum absolute atomic E-state index is 5.39. The molecule has 0 atom stereocenters. The van der Waals surface area contributed by atoms with Gasteiger partial charge in [0.2, 0.25) is 0 Å². The van der Waals surface area contributed by atoms with E-state index in [2.05, 4.69) is 9.98 Å². The zero-order valence-corrected chi connectivity index (χ0v) is 11.6. The third kappa shape index (κ3) is 2.13. The molecule has 2 heterocycles. The number of pyridine rings is 1. The molecule has 0 amide bonds. The fourth-order valence-corrected chi connectivity index (χ4v) is 2.47. The normalized spacial score (nSPS) is 13.4. The lowest BCUT2D eigenvalue weighted by molar-refractivity contribution is 0.354. The number of benzene rings is 1. The summed E-state index contributed by atoms with van der Waals surface area (Å²) < 4.78 is 10.8. The molecule has 2 aromatic rings. The first-order chi connectivity index (χ1) is 9.83. The van der Waals surface area contributed by atoms with E-state index in [0.29, 0.717) is 0 Å². The molecule has 20 heavy (non-hydrogen) atoms. The van der Waals surface area contributed by atoms with Gasteiger partial charge >= 0.3 is 0 Å². The van der Waals surface area contributed by atoms with Crippen LogP contribution < -0.4 is 9.47 Å². The number of nitrogens with zero attached hydrogens (tertiary/aromatic N) is 2. The lowest BCUT2D eigenvalue weighted by atomic mass is 9.93. The molecule has 0 unspecified atom stereocenters. The number of methoxy groups -OCH3 is 2. The van der Waals surface area contributed by atoms with Crippen molar-refractivity contribution in [2.45, 2.75) is 6.42 Å². The molecule has 1 aliphatic heterocycles. The van der Waals surface area contributed by atoms with Crippen molar-refractivity contribution in [3.8, 4) is 11.5 Å². The topological polar surface area (TPSA) is 43.7 Å². The molecule has 0 radical (unpaired) electrons. The van der Waals surface area contributed by atoms with Gasteiger partial charge in [0.15, 0.2) is 11.5 Å². The minimum Gasteiger partial charge on any atom is -0.493 e. The number of aromatic nitrogens is 1. The van der Waals surface area contributed by atoms with Crippen molar-refractivity contribution < 1.29 is 9.47 Å². The highest BCUT2D eigenvalue weighted by Crippen LogP contribution is 2.33. The molecule has 4 nitrogen and oxygen atoms in total. The first-order valence-electron chi connectivity index (χ1n) is 6.53. The Morgan fingerprint density at radius 3 is 2.60 bits per heavy atom. The summed E-state index contributed by atoms with van der Waals surface area (Å²) in [5.74, 6) is 1.49. The van der Waals surface area contributed by atoms with Gasteiger partial charge in [-0.2, -0.15) is 0 Å². The molecule has 0 fully saturated rings. The summed E-state index contributed by atoms with van der Waals surface area (Å²) in [6, 6.07) is 7.99. The Kier molecular flexibility index (Phi) is 3.37. The monoisotopic (exact) mass is 268 g/mol. The SMILES string of the molecule is COc1cc2c(cc1OC)C(c1cccnc1)=NCC2. The molecule has 1 aliphatic rings. The molecule has 4 heteroatoms. The Morgan fingerprint density at radius 1 is 1.10 bits per heavy atom. The van der Waals surface area contributed by atoms with E-state index < -0.39 is 0 Å². The minimum absolute atomic E-state index is 0.727. The maximum atomic E-state index is 5.39. The van der Waals surface area contributed by atoms with Crippen molar-refractivity contribution in [1.29, 1.82) is 0 Å². The molecule has 0 bridgehead atoms. The van der Waals surface area contributed by atoms with Crippen LogP contribution in [0, 0.1) is 0 Å². The van der Waals surface area contributed by atoms with Gasteiger partial charge in [-0.05, 0) is 36.2 Å². The maximum Gasteiger partial charge on any atom is 0.161 e. The molecule has 0 N–H and O–H groups in total. The van der Waals surface area contributed by atoms with Crippen molar-refractivity contribution in [3.05, 3.63) is 53.3 Å². The van der Waals surface area contributed by atoms with Crippen molar-refractivity contribution in [1.82, 2.24) is 4.98 Å². The average molecular weight is 268 g/mol. The first-order valence-corrected chi connectivity index (χ1v) is 6.53. The number of aliphatic imine (C=N–C) groups is 1. The summed E-state index contributed by atoms with van der Waals surface area (Å²) in [6.07, 6.45) is 4.52. The third-order valence-electron chi connectivity index (χ3n) is 3.45. The molecular weight excluding hydrogens is 252 g/mol. The Morgan fingerprint density at radius 2 is 1.90 bits per heavy atom. The Bertz CT molecular complexity index is 651. The van der Waals surface area contributed by atoms with Gasteiger partial charge in [0, 0.05) is 30.1 Å². The highest BCUT2D eigenvalue weighted by molar-refractivity contribution is 6.14. The van der Waals surface area contributed by atoms with Crippen LogP contribution in [0.3, 0.4) is 0 Å². The van der Waals surface area contributed by atoms with E-state index in [9.17, 15) is 0 Å². The fourth-order valence-electron chi connectivity index (χ4n) is 2.47. The van der Waals surface area contributed by atoms with E-state index in [0.717, 1.165) is 41.3 Å². The average Bonchev–Trinajstić information content (AvgIpc) is 2.53. The Hall–Kier alpha value is -2.36. The molecule has 3 rings (SSSR count). The summed E-state index contributed by atoms with van der Waals surface area (Å²) in [6.45, 7) is 0.784. The molecule has 1 aromatic heterocycles. The number of ether oxygens (including phenoxy) is 2. The van der Waals surface area contributed by atoms with Crippen LogP contribution in [0.15, 0.2) is 41.7 Å². The Labute approximate surface area is 118 Å². The van der Waals surface area contributed by atoms with Crippen molar-refractivity contribution in [2.75, 3.05) is 20.8 Å². The molecule has 1 aromatic carbocycles. The van der Waals surface area contributed by atoms with Gasteiger partial charge in [0.1, 0.15) is 0 Å². The largest absolute Gasteiger partial charge is 0.493 e. The summed E-state index contributed by atoms with van der Waals surface area (Å²) in [7, 11) is 3.30. The van der Waals surface area contributed by atoms with Crippen molar-refractivity contribution in [2.24, 2.45) is 4.99 Å². The number of hydrogen-bond donors (Lipinski definition) is 0. The predicted molar refractivity (Wildman–Crippen MR) is 78.0 cm³/mol. The van der Waals surface area contributed by atoms with Crippen LogP contribution in [0.25, 0.3) is 0 Å². The highest BCUT2D eigenvalue weighted by Gasteiger charge is 2.19. The number of fused-ring (bicyclic) bond motifs is 1. The van der Waals surface area contributed by atoms with Gasteiger partial charge in [-0.15, -0.1) is 0 Å². The summed E-state index contributed by atoms with van der Waals surface area (Å²) >= 11 is 0. The second kappa shape index (κ2) is 5.33. The third-order valence-corrected chi connectivity index (χ3v) is 3.45. The quantitative estimate of drug-likeness (QED) is 0.859. The van der Waals surface area contributed by atoms with Crippen LogP contribution in [0.2, 0.25) is 0 Å². The van der Waals surface area contributed by atoms with Crippen LogP contribution in [-0.2, 0) is 6.42 Å².